The SMILES string of the molecule is CP1(=O)CC1(C#N)C(=O)OCC1CCCO1. The Labute approximate surface area is 94.1 Å². The maximum absolute atomic E-state index is 11.7. The monoisotopic (exact) mass is 243 g/mol. The molecule has 0 aliphatic carbocycles. The van der Waals surface area contributed by atoms with E-state index in [2.05, 4.69) is 0 Å². The van der Waals surface area contributed by atoms with Crippen LogP contribution in [0.5, 0.6) is 0 Å². The summed E-state index contributed by atoms with van der Waals surface area (Å²) in [5, 5.41) is 7.54. The molecular formula is C10H14NO4P. The second-order valence-electron chi connectivity index (χ2n) is 4.46. The lowest BCUT2D eigenvalue weighted by molar-refractivity contribution is -0.147. The van der Waals surface area contributed by atoms with Crippen LogP contribution >= 0.6 is 7.14 Å². The number of hydrogen-bond acceptors (Lipinski definition) is 5. The first-order valence-corrected chi connectivity index (χ1v) is 7.62. The Morgan fingerprint density at radius 3 is 2.88 bits per heavy atom. The highest BCUT2D eigenvalue weighted by Gasteiger charge is 2.69. The lowest BCUT2D eigenvalue weighted by Gasteiger charge is -2.11. The van der Waals surface area contributed by atoms with Crippen LogP contribution in [0.15, 0.2) is 0 Å². The van der Waals surface area contributed by atoms with E-state index in [0.717, 1.165) is 12.8 Å². The predicted molar refractivity (Wildman–Crippen MR) is 56.7 cm³/mol. The van der Waals surface area contributed by atoms with Gasteiger partial charge in [-0.2, -0.15) is 5.26 Å². The van der Waals surface area contributed by atoms with Crippen molar-refractivity contribution in [3.05, 3.63) is 0 Å². The lowest BCUT2D eigenvalue weighted by Crippen LogP contribution is -2.28. The lowest BCUT2D eigenvalue weighted by atomic mass is 10.2. The number of esters is 1. The van der Waals surface area contributed by atoms with Crippen molar-refractivity contribution in [3.8, 4) is 6.07 Å². The summed E-state index contributed by atoms with van der Waals surface area (Å²) < 4.78 is 22.0. The van der Waals surface area contributed by atoms with Gasteiger partial charge in [0.15, 0.2) is 0 Å². The summed E-state index contributed by atoms with van der Waals surface area (Å²) in [5.41, 5.74) is 0. The van der Waals surface area contributed by atoms with Crippen molar-refractivity contribution in [1.29, 1.82) is 5.26 Å². The summed E-state index contributed by atoms with van der Waals surface area (Å²) in [6.07, 6.45) is 1.93. The van der Waals surface area contributed by atoms with Crippen LogP contribution in [0.4, 0.5) is 0 Å². The number of hydrogen-bond donors (Lipinski definition) is 0. The second kappa shape index (κ2) is 3.87. The molecule has 0 aromatic rings. The number of nitrogens with zero attached hydrogens (tertiary/aromatic N) is 1. The van der Waals surface area contributed by atoms with Crippen molar-refractivity contribution in [2.45, 2.75) is 24.1 Å². The second-order valence-corrected chi connectivity index (χ2v) is 7.75. The summed E-state index contributed by atoms with van der Waals surface area (Å²) in [6.45, 7) is 2.34. The molecule has 0 spiro atoms. The minimum absolute atomic E-state index is 0.0605. The standard InChI is InChI=1S/C10H14NO4P/c1-16(13)7-10(16,6-11)9(12)15-5-8-3-2-4-14-8/h8H,2-5,7H2,1H3. The number of carbonyl (C=O) groups is 1. The Morgan fingerprint density at radius 2 is 2.44 bits per heavy atom. The summed E-state index contributed by atoms with van der Waals surface area (Å²) in [5.74, 6) is -0.642. The number of nitriles is 1. The summed E-state index contributed by atoms with van der Waals surface area (Å²) in [6, 6.07) is 1.84. The third kappa shape index (κ3) is 1.77. The molecule has 3 atom stereocenters. The zero-order chi connectivity index (χ0) is 11.8. The normalized spacial score (nSPS) is 41.4. The van der Waals surface area contributed by atoms with Gasteiger partial charge >= 0.3 is 5.97 Å². The summed E-state index contributed by atoms with van der Waals surface area (Å²) in [4.78, 5) is 11.7. The van der Waals surface area contributed by atoms with Gasteiger partial charge in [-0.05, 0) is 19.5 Å². The molecule has 2 fully saturated rings. The number of carbonyl (C=O) groups excluding carboxylic acids is 1. The van der Waals surface area contributed by atoms with E-state index in [1.54, 1.807) is 0 Å². The first-order valence-electron chi connectivity index (χ1n) is 5.28. The van der Waals surface area contributed by atoms with Gasteiger partial charge in [-0.3, -0.25) is 0 Å². The molecule has 3 unspecified atom stereocenters. The highest BCUT2D eigenvalue weighted by molar-refractivity contribution is 7.74. The van der Waals surface area contributed by atoms with E-state index in [1.165, 1.54) is 6.66 Å². The maximum Gasteiger partial charge on any atom is 0.334 e. The molecular weight excluding hydrogens is 229 g/mol. The average molecular weight is 243 g/mol. The molecule has 0 amide bonds. The molecule has 0 N–H and O–H groups in total. The van der Waals surface area contributed by atoms with Crippen LogP contribution in [0.2, 0.25) is 0 Å². The van der Waals surface area contributed by atoms with Crippen LogP contribution in [0.1, 0.15) is 12.8 Å². The Kier molecular flexibility index (Phi) is 2.81. The topological polar surface area (TPSA) is 76.4 Å². The fourth-order valence-electron chi connectivity index (χ4n) is 1.91. The maximum atomic E-state index is 11.7. The molecule has 88 valence electrons. The van der Waals surface area contributed by atoms with E-state index in [-0.39, 0.29) is 18.9 Å². The molecule has 2 aliphatic rings. The third-order valence-electron chi connectivity index (χ3n) is 3.18. The third-order valence-corrected chi connectivity index (χ3v) is 5.93. The molecule has 16 heavy (non-hydrogen) atoms. The van der Waals surface area contributed by atoms with Crippen LogP contribution in [0, 0.1) is 11.3 Å². The molecule has 2 rings (SSSR count). The van der Waals surface area contributed by atoms with Crippen molar-refractivity contribution >= 4 is 13.1 Å². The minimum Gasteiger partial charge on any atom is -0.461 e. The molecule has 2 heterocycles. The van der Waals surface area contributed by atoms with E-state index >= 15 is 0 Å². The van der Waals surface area contributed by atoms with Gasteiger partial charge in [-0.1, -0.05) is 0 Å². The van der Waals surface area contributed by atoms with Crippen molar-refractivity contribution in [2.75, 3.05) is 26.0 Å². The fraction of sp³-hybridized carbons (Fsp3) is 0.800. The number of ether oxygens (including phenoxy) is 2. The van der Waals surface area contributed by atoms with Gasteiger partial charge in [-0.25, -0.2) is 4.79 Å². The Balaban J connectivity index is 1.89. The van der Waals surface area contributed by atoms with Gasteiger partial charge in [0.2, 0.25) is 5.16 Å². The van der Waals surface area contributed by atoms with E-state index in [4.69, 9.17) is 14.7 Å². The molecule has 0 bridgehead atoms. The minimum atomic E-state index is -2.62. The molecule has 2 aliphatic heterocycles. The Morgan fingerprint density at radius 1 is 1.75 bits per heavy atom. The zero-order valence-electron chi connectivity index (χ0n) is 9.14. The van der Waals surface area contributed by atoms with Gasteiger partial charge in [0.1, 0.15) is 13.7 Å². The molecule has 2 saturated heterocycles. The highest BCUT2D eigenvalue weighted by Crippen LogP contribution is 2.73. The van der Waals surface area contributed by atoms with E-state index < -0.39 is 18.3 Å². The molecule has 0 aromatic heterocycles. The van der Waals surface area contributed by atoms with Crippen LogP contribution in [0.25, 0.3) is 0 Å². The molecule has 5 nitrogen and oxygen atoms in total. The predicted octanol–water partition coefficient (Wildman–Crippen LogP) is 0.977. The van der Waals surface area contributed by atoms with Crippen LogP contribution < -0.4 is 0 Å². The van der Waals surface area contributed by atoms with Gasteiger partial charge in [-0.15, -0.1) is 0 Å². The highest BCUT2D eigenvalue weighted by atomic mass is 31.2. The Hall–Kier alpha value is -0.850. The van der Waals surface area contributed by atoms with Gasteiger partial charge in [0.05, 0.1) is 12.2 Å². The first-order chi connectivity index (χ1) is 7.52. The quantitative estimate of drug-likeness (QED) is 0.545. The first kappa shape index (κ1) is 11.6. The Bertz CT molecular complexity index is 396. The van der Waals surface area contributed by atoms with Crippen molar-refractivity contribution in [3.63, 3.8) is 0 Å². The zero-order valence-corrected chi connectivity index (χ0v) is 10.0. The average Bonchev–Trinajstić information content (AvgIpc) is 2.67. The molecule has 0 saturated carbocycles. The largest absolute Gasteiger partial charge is 0.461 e. The van der Waals surface area contributed by atoms with E-state index in [9.17, 15) is 9.36 Å². The molecule has 0 aromatic carbocycles. The smallest absolute Gasteiger partial charge is 0.334 e. The number of rotatable bonds is 3. The van der Waals surface area contributed by atoms with E-state index in [1.807, 2.05) is 6.07 Å². The van der Waals surface area contributed by atoms with Crippen LogP contribution in [-0.2, 0) is 18.8 Å². The van der Waals surface area contributed by atoms with Crippen molar-refractivity contribution < 1.29 is 18.8 Å². The van der Waals surface area contributed by atoms with Gasteiger partial charge in [0.25, 0.3) is 0 Å². The van der Waals surface area contributed by atoms with Crippen molar-refractivity contribution in [2.24, 2.45) is 0 Å². The van der Waals surface area contributed by atoms with E-state index in [0.29, 0.717) is 6.61 Å². The van der Waals surface area contributed by atoms with Gasteiger partial charge < -0.3 is 14.0 Å². The van der Waals surface area contributed by atoms with Crippen molar-refractivity contribution in [1.82, 2.24) is 0 Å². The fourth-order valence-corrected chi connectivity index (χ4v) is 4.17. The summed E-state index contributed by atoms with van der Waals surface area (Å²) >= 11 is 0. The summed E-state index contributed by atoms with van der Waals surface area (Å²) in [7, 11) is -2.62. The van der Waals surface area contributed by atoms with Crippen LogP contribution in [0.3, 0.4) is 0 Å². The molecule has 6 heteroatoms. The molecule has 0 radical (unpaired) electrons. The van der Waals surface area contributed by atoms with Crippen LogP contribution in [-0.4, -0.2) is 43.3 Å². The van der Waals surface area contributed by atoms with Gasteiger partial charge in [0, 0.05) is 12.8 Å².